The van der Waals surface area contributed by atoms with Gasteiger partial charge in [0.05, 0.1) is 17.6 Å². The first kappa shape index (κ1) is 13.4. The van der Waals surface area contributed by atoms with E-state index in [1.165, 1.54) is 0 Å². The predicted octanol–water partition coefficient (Wildman–Crippen LogP) is 1.53. The fraction of sp³-hybridized carbons (Fsp3) is 0.417. The maximum atomic E-state index is 11.5. The molecule has 0 N–H and O–H groups in total. The Bertz CT molecular complexity index is 597. The zero-order valence-corrected chi connectivity index (χ0v) is 11.8. The zero-order valence-electron chi connectivity index (χ0n) is 10.2. The van der Waals surface area contributed by atoms with E-state index in [0.29, 0.717) is 6.42 Å². The number of nitrogens with zero attached hydrogens (tertiary/aromatic N) is 1. The molecular weight excluding hydrogens is 274 g/mol. The van der Waals surface area contributed by atoms with E-state index in [-0.39, 0.29) is 11.7 Å². The van der Waals surface area contributed by atoms with E-state index in [4.69, 9.17) is 11.6 Å². The van der Waals surface area contributed by atoms with Crippen LogP contribution in [-0.2, 0) is 21.1 Å². The number of anilines is 1. The molecule has 0 saturated heterocycles. The van der Waals surface area contributed by atoms with Gasteiger partial charge in [0.1, 0.15) is 9.84 Å². The van der Waals surface area contributed by atoms with Crippen LogP contribution in [0, 0.1) is 0 Å². The lowest BCUT2D eigenvalue weighted by molar-refractivity contribution is -0.117. The van der Waals surface area contributed by atoms with E-state index >= 15 is 0 Å². The molecule has 18 heavy (non-hydrogen) atoms. The Hall–Kier alpha value is -1.07. The maximum absolute atomic E-state index is 11.5. The third-order valence-corrected chi connectivity index (χ3v) is 4.52. The summed E-state index contributed by atoms with van der Waals surface area (Å²) < 4.78 is 22.4. The van der Waals surface area contributed by atoms with Gasteiger partial charge in [0.25, 0.3) is 0 Å². The Morgan fingerprint density at radius 2 is 2.11 bits per heavy atom. The zero-order chi connectivity index (χ0) is 13.5. The largest absolute Gasteiger partial charge is 0.315 e. The summed E-state index contributed by atoms with van der Waals surface area (Å²) in [6, 6.07) is 5.41. The molecule has 0 aliphatic carbocycles. The van der Waals surface area contributed by atoms with Gasteiger partial charge >= 0.3 is 0 Å². The van der Waals surface area contributed by atoms with Gasteiger partial charge in [-0.15, -0.1) is 11.6 Å². The van der Waals surface area contributed by atoms with E-state index in [0.717, 1.165) is 23.1 Å². The fourth-order valence-electron chi connectivity index (χ4n) is 2.05. The molecular formula is C12H14ClNO3S. The van der Waals surface area contributed by atoms with Crippen LogP contribution in [0.15, 0.2) is 18.2 Å². The number of fused-ring (bicyclic) bond motifs is 1. The van der Waals surface area contributed by atoms with Gasteiger partial charge in [-0.2, -0.15) is 0 Å². The smallest absolute Gasteiger partial charge is 0.231 e. The Balaban J connectivity index is 2.28. The Morgan fingerprint density at radius 1 is 1.44 bits per heavy atom. The molecule has 4 nitrogen and oxygen atoms in total. The number of rotatable bonds is 3. The maximum Gasteiger partial charge on any atom is 0.231 e. The van der Waals surface area contributed by atoms with Crippen molar-refractivity contribution < 1.29 is 13.2 Å². The second kappa shape index (κ2) is 4.55. The van der Waals surface area contributed by atoms with Crippen molar-refractivity contribution in [2.24, 2.45) is 0 Å². The Morgan fingerprint density at radius 3 is 2.72 bits per heavy atom. The number of halogens is 1. The highest BCUT2D eigenvalue weighted by atomic mass is 35.5. The number of likely N-dealkylation sites (N-methyl/N-ethyl adjacent to an activating group) is 1. The highest BCUT2D eigenvalue weighted by molar-refractivity contribution is 7.90. The molecule has 0 saturated carbocycles. The van der Waals surface area contributed by atoms with Crippen LogP contribution in [0.5, 0.6) is 0 Å². The average molecular weight is 288 g/mol. The average Bonchev–Trinajstić information content (AvgIpc) is 2.52. The van der Waals surface area contributed by atoms with Crippen molar-refractivity contribution in [3.05, 3.63) is 29.3 Å². The minimum Gasteiger partial charge on any atom is -0.315 e. The number of benzene rings is 1. The molecule has 1 unspecified atom stereocenters. The molecule has 0 fully saturated rings. The molecule has 0 radical (unpaired) electrons. The summed E-state index contributed by atoms with van der Waals surface area (Å²) >= 11 is 6.09. The Labute approximate surface area is 111 Å². The molecule has 0 spiro atoms. The van der Waals surface area contributed by atoms with Gasteiger partial charge in [0.15, 0.2) is 0 Å². The lowest BCUT2D eigenvalue weighted by Gasteiger charge is -2.12. The normalized spacial score (nSPS) is 16.8. The second-order valence-corrected chi connectivity index (χ2v) is 7.29. The van der Waals surface area contributed by atoms with E-state index < -0.39 is 15.2 Å². The van der Waals surface area contributed by atoms with Crippen LogP contribution in [-0.4, -0.2) is 33.4 Å². The summed E-state index contributed by atoms with van der Waals surface area (Å²) in [5.74, 6) is -0.0618. The van der Waals surface area contributed by atoms with Gasteiger partial charge < -0.3 is 4.90 Å². The first-order chi connectivity index (χ1) is 8.28. The van der Waals surface area contributed by atoms with Gasteiger partial charge in [0.2, 0.25) is 5.91 Å². The second-order valence-electron chi connectivity index (χ2n) is 4.58. The van der Waals surface area contributed by atoms with Crippen LogP contribution in [0.3, 0.4) is 0 Å². The SMILES string of the molecule is CN1C(=O)Cc2cc(C(Cl)CS(C)(=O)=O)ccc21. The van der Waals surface area contributed by atoms with Crippen LogP contribution >= 0.6 is 11.6 Å². The fourth-order valence-corrected chi connectivity index (χ4v) is 3.59. The lowest BCUT2D eigenvalue weighted by Crippen LogP contribution is -2.20. The molecule has 1 atom stereocenters. The van der Waals surface area contributed by atoms with Crippen LogP contribution in [0.1, 0.15) is 16.5 Å². The third-order valence-electron chi connectivity index (χ3n) is 2.99. The number of amides is 1. The monoisotopic (exact) mass is 287 g/mol. The predicted molar refractivity (Wildman–Crippen MR) is 71.9 cm³/mol. The van der Waals surface area contributed by atoms with Crippen molar-refractivity contribution in [1.82, 2.24) is 0 Å². The highest BCUT2D eigenvalue weighted by Gasteiger charge is 2.25. The van der Waals surface area contributed by atoms with Crippen LogP contribution in [0.4, 0.5) is 5.69 Å². The van der Waals surface area contributed by atoms with Crippen molar-refractivity contribution in [3.63, 3.8) is 0 Å². The molecule has 1 aromatic rings. The quantitative estimate of drug-likeness (QED) is 0.792. The molecule has 2 rings (SSSR count). The van der Waals surface area contributed by atoms with Crippen molar-refractivity contribution >= 4 is 33.0 Å². The summed E-state index contributed by atoms with van der Waals surface area (Å²) in [5, 5.41) is -0.577. The summed E-state index contributed by atoms with van der Waals surface area (Å²) in [6.07, 6.45) is 1.51. The number of alkyl halides is 1. The van der Waals surface area contributed by atoms with Gasteiger partial charge in [-0.25, -0.2) is 8.42 Å². The number of sulfone groups is 1. The topological polar surface area (TPSA) is 54.5 Å². The van der Waals surface area contributed by atoms with Crippen molar-refractivity contribution in [2.45, 2.75) is 11.8 Å². The number of carbonyl (C=O) groups excluding carboxylic acids is 1. The minimum absolute atomic E-state index is 0.0383. The molecule has 6 heteroatoms. The Kier molecular flexibility index (Phi) is 3.38. The van der Waals surface area contributed by atoms with E-state index in [9.17, 15) is 13.2 Å². The first-order valence-electron chi connectivity index (χ1n) is 5.49. The van der Waals surface area contributed by atoms with Crippen molar-refractivity contribution in [1.29, 1.82) is 0 Å². The number of carbonyl (C=O) groups is 1. The van der Waals surface area contributed by atoms with E-state index in [2.05, 4.69) is 0 Å². The summed E-state index contributed by atoms with van der Waals surface area (Å²) in [5.41, 5.74) is 2.51. The molecule has 0 aromatic heterocycles. The van der Waals surface area contributed by atoms with Gasteiger partial charge in [-0.05, 0) is 17.2 Å². The summed E-state index contributed by atoms with van der Waals surface area (Å²) in [6.45, 7) is 0. The van der Waals surface area contributed by atoms with Crippen LogP contribution < -0.4 is 4.90 Å². The molecule has 1 aromatic carbocycles. The lowest BCUT2D eigenvalue weighted by atomic mass is 10.1. The van der Waals surface area contributed by atoms with Crippen molar-refractivity contribution in [2.75, 3.05) is 24.0 Å². The number of hydrogen-bond donors (Lipinski definition) is 0. The summed E-state index contributed by atoms with van der Waals surface area (Å²) in [7, 11) is -1.39. The standard InChI is InChI=1S/C12H14ClNO3S/c1-14-11-4-3-8(5-9(11)6-12(14)15)10(13)7-18(2,16)17/h3-5,10H,6-7H2,1-2H3. The van der Waals surface area contributed by atoms with Gasteiger partial charge in [-0.1, -0.05) is 12.1 Å². The third kappa shape index (κ3) is 2.67. The van der Waals surface area contributed by atoms with Gasteiger partial charge in [0, 0.05) is 19.0 Å². The molecule has 1 aliphatic rings. The minimum atomic E-state index is -3.12. The molecule has 1 aliphatic heterocycles. The van der Waals surface area contributed by atoms with Crippen LogP contribution in [0.25, 0.3) is 0 Å². The molecule has 0 bridgehead atoms. The summed E-state index contributed by atoms with van der Waals surface area (Å²) in [4.78, 5) is 13.1. The molecule has 1 amide bonds. The first-order valence-corrected chi connectivity index (χ1v) is 7.99. The number of hydrogen-bond acceptors (Lipinski definition) is 3. The van der Waals surface area contributed by atoms with Gasteiger partial charge in [-0.3, -0.25) is 4.79 Å². The van der Waals surface area contributed by atoms with Crippen LogP contribution in [0.2, 0.25) is 0 Å². The molecule has 98 valence electrons. The van der Waals surface area contributed by atoms with E-state index in [1.54, 1.807) is 18.0 Å². The van der Waals surface area contributed by atoms with Crippen molar-refractivity contribution in [3.8, 4) is 0 Å². The van der Waals surface area contributed by atoms with E-state index in [1.807, 2.05) is 12.1 Å². The highest BCUT2D eigenvalue weighted by Crippen LogP contribution is 2.32. The molecule has 1 heterocycles.